The molecule has 0 aliphatic rings. The minimum Gasteiger partial charge on any atom is -0.314 e. The van der Waals surface area contributed by atoms with Crippen molar-refractivity contribution in [1.82, 2.24) is 5.32 Å². The van der Waals surface area contributed by atoms with Gasteiger partial charge in [0.1, 0.15) is 0 Å². The summed E-state index contributed by atoms with van der Waals surface area (Å²) in [7, 11) is 0. The summed E-state index contributed by atoms with van der Waals surface area (Å²) in [5.74, 6) is 0. The highest BCUT2D eigenvalue weighted by Crippen LogP contribution is 2.10. The van der Waals surface area contributed by atoms with Crippen molar-refractivity contribution in [2.24, 2.45) is 0 Å². The first-order valence-corrected chi connectivity index (χ1v) is 5.64. The Morgan fingerprint density at radius 1 is 1.33 bits per heavy atom. The highest BCUT2D eigenvalue weighted by Gasteiger charge is 2.02. The van der Waals surface area contributed by atoms with Crippen molar-refractivity contribution < 1.29 is 4.39 Å². The zero-order valence-corrected chi connectivity index (χ0v) is 9.73. The number of halogens is 2. The molecule has 1 rings (SSSR count). The minimum atomic E-state index is -0.249. The second-order valence-corrected chi connectivity index (χ2v) is 4.16. The minimum absolute atomic E-state index is 0.249. The van der Waals surface area contributed by atoms with Crippen molar-refractivity contribution >= 4 is 11.6 Å². The fourth-order valence-corrected chi connectivity index (χ4v) is 1.59. The van der Waals surface area contributed by atoms with Gasteiger partial charge in [0.15, 0.2) is 0 Å². The number of rotatable bonds is 6. The molecule has 0 amide bonds. The summed E-state index contributed by atoms with van der Waals surface area (Å²) in [5, 5.41) is 4.03. The highest BCUT2D eigenvalue weighted by molar-refractivity contribution is 6.30. The fraction of sp³-hybridized carbons (Fsp3) is 0.500. The molecule has 0 saturated carbocycles. The van der Waals surface area contributed by atoms with Crippen LogP contribution in [0, 0.1) is 0 Å². The zero-order valence-electron chi connectivity index (χ0n) is 8.97. The van der Waals surface area contributed by atoms with Gasteiger partial charge >= 0.3 is 0 Å². The van der Waals surface area contributed by atoms with Gasteiger partial charge in [-0.1, -0.05) is 23.7 Å². The van der Waals surface area contributed by atoms with Gasteiger partial charge in [0.25, 0.3) is 0 Å². The van der Waals surface area contributed by atoms with Crippen LogP contribution in [0.1, 0.15) is 18.9 Å². The third-order valence-corrected chi connectivity index (χ3v) is 2.51. The van der Waals surface area contributed by atoms with Gasteiger partial charge in [0, 0.05) is 11.1 Å². The molecular weight excluding hydrogens is 213 g/mol. The van der Waals surface area contributed by atoms with Crippen LogP contribution in [0.25, 0.3) is 0 Å². The average Bonchev–Trinajstić information content (AvgIpc) is 2.22. The first-order chi connectivity index (χ1) is 7.22. The summed E-state index contributed by atoms with van der Waals surface area (Å²) in [6.45, 7) is 2.60. The number of hydrogen-bond acceptors (Lipinski definition) is 1. The summed E-state index contributed by atoms with van der Waals surface area (Å²) in [6.07, 6.45) is 1.54. The van der Waals surface area contributed by atoms with Crippen molar-refractivity contribution in [1.29, 1.82) is 0 Å². The van der Waals surface area contributed by atoms with E-state index in [1.165, 1.54) is 5.56 Å². The van der Waals surface area contributed by atoms with Crippen LogP contribution >= 0.6 is 11.6 Å². The van der Waals surface area contributed by atoms with Crippen LogP contribution in [0.3, 0.4) is 0 Å². The molecule has 0 aliphatic carbocycles. The average molecular weight is 230 g/mol. The smallest absolute Gasteiger partial charge is 0.0906 e. The second-order valence-electron chi connectivity index (χ2n) is 3.73. The zero-order chi connectivity index (χ0) is 11.1. The summed E-state index contributed by atoms with van der Waals surface area (Å²) >= 11 is 5.79. The van der Waals surface area contributed by atoms with Gasteiger partial charge in [0.05, 0.1) is 6.67 Å². The van der Waals surface area contributed by atoms with E-state index in [9.17, 15) is 4.39 Å². The standard InChI is InChI=1S/C12H17ClFN/c1-10(15-8-2-7-14)9-11-3-5-12(13)6-4-11/h3-6,10,15H,2,7-9H2,1H3. The third kappa shape index (κ3) is 5.14. The van der Waals surface area contributed by atoms with E-state index in [1.807, 2.05) is 24.3 Å². The van der Waals surface area contributed by atoms with Crippen LogP contribution in [-0.2, 0) is 6.42 Å². The van der Waals surface area contributed by atoms with Crippen molar-refractivity contribution in [3.8, 4) is 0 Å². The van der Waals surface area contributed by atoms with Crippen LogP contribution in [0.15, 0.2) is 24.3 Å². The number of alkyl halides is 1. The molecule has 1 nitrogen and oxygen atoms in total. The Hall–Kier alpha value is -0.600. The summed E-state index contributed by atoms with van der Waals surface area (Å²) in [4.78, 5) is 0. The summed E-state index contributed by atoms with van der Waals surface area (Å²) in [5.41, 5.74) is 1.25. The molecule has 0 aromatic heterocycles. The molecule has 15 heavy (non-hydrogen) atoms. The van der Waals surface area contributed by atoms with E-state index in [2.05, 4.69) is 12.2 Å². The highest BCUT2D eigenvalue weighted by atomic mass is 35.5. The van der Waals surface area contributed by atoms with E-state index >= 15 is 0 Å². The normalized spacial score (nSPS) is 12.7. The maximum atomic E-state index is 11.9. The molecule has 3 heteroatoms. The van der Waals surface area contributed by atoms with Crippen molar-refractivity contribution in [3.63, 3.8) is 0 Å². The van der Waals surface area contributed by atoms with Gasteiger partial charge in [-0.15, -0.1) is 0 Å². The molecule has 1 atom stereocenters. The second kappa shape index (κ2) is 6.81. The maximum Gasteiger partial charge on any atom is 0.0906 e. The SMILES string of the molecule is CC(Cc1ccc(Cl)cc1)NCCCF. The lowest BCUT2D eigenvalue weighted by atomic mass is 10.1. The molecule has 0 saturated heterocycles. The number of hydrogen-bond donors (Lipinski definition) is 1. The third-order valence-electron chi connectivity index (χ3n) is 2.26. The van der Waals surface area contributed by atoms with Crippen LogP contribution in [0.2, 0.25) is 5.02 Å². The largest absolute Gasteiger partial charge is 0.314 e. The fourth-order valence-electron chi connectivity index (χ4n) is 1.46. The lowest BCUT2D eigenvalue weighted by molar-refractivity contribution is 0.442. The quantitative estimate of drug-likeness (QED) is 0.739. The lowest BCUT2D eigenvalue weighted by Gasteiger charge is -2.13. The van der Waals surface area contributed by atoms with Gasteiger partial charge in [0.2, 0.25) is 0 Å². The predicted octanol–water partition coefficient (Wildman–Crippen LogP) is 3.22. The number of nitrogens with one attached hydrogen (secondary N) is 1. The summed E-state index contributed by atoms with van der Waals surface area (Å²) < 4.78 is 11.9. The van der Waals surface area contributed by atoms with Crippen LogP contribution < -0.4 is 5.32 Å². The topological polar surface area (TPSA) is 12.0 Å². The van der Waals surface area contributed by atoms with Crippen molar-refractivity contribution in [3.05, 3.63) is 34.9 Å². The Bertz CT molecular complexity index is 273. The van der Waals surface area contributed by atoms with Gasteiger partial charge in [-0.3, -0.25) is 4.39 Å². The van der Waals surface area contributed by atoms with Gasteiger partial charge in [-0.2, -0.15) is 0 Å². The van der Waals surface area contributed by atoms with E-state index in [1.54, 1.807) is 0 Å². The molecule has 0 heterocycles. The van der Waals surface area contributed by atoms with E-state index in [-0.39, 0.29) is 6.67 Å². The molecule has 1 N–H and O–H groups in total. The Kier molecular flexibility index (Phi) is 5.66. The molecule has 0 spiro atoms. The monoisotopic (exact) mass is 229 g/mol. The molecular formula is C12H17ClFN. The van der Waals surface area contributed by atoms with E-state index in [0.717, 1.165) is 18.0 Å². The Morgan fingerprint density at radius 3 is 2.60 bits per heavy atom. The maximum absolute atomic E-state index is 11.9. The molecule has 0 radical (unpaired) electrons. The lowest BCUT2D eigenvalue weighted by Crippen LogP contribution is -2.29. The molecule has 1 aromatic rings. The Balaban J connectivity index is 2.31. The Morgan fingerprint density at radius 2 is 2.00 bits per heavy atom. The van der Waals surface area contributed by atoms with Crippen molar-refractivity contribution in [2.45, 2.75) is 25.8 Å². The van der Waals surface area contributed by atoms with Gasteiger partial charge in [-0.05, 0) is 44.0 Å². The molecule has 84 valence electrons. The van der Waals surface area contributed by atoms with Crippen molar-refractivity contribution in [2.75, 3.05) is 13.2 Å². The summed E-state index contributed by atoms with van der Waals surface area (Å²) in [6, 6.07) is 8.21. The molecule has 0 fully saturated rings. The number of benzene rings is 1. The van der Waals surface area contributed by atoms with Gasteiger partial charge in [-0.25, -0.2) is 0 Å². The van der Waals surface area contributed by atoms with E-state index < -0.39 is 0 Å². The molecule has 1 aromatic carbocycles. The molecule has 1 unspecified atom stereocenters. The first-order valence-electron chi connectivity index (χ1n) is 5.26. The first kappa shape index (κ1) is 12.5. The van der Waals surface area contributed by atoms with Gasteiger partial charge < -0.3 is 5.32 Å². The predicted molar refractivity (Wildman–Crippen MR) is 63.2 cm³/mol. The van der Waals surface area contributed by atoms with Crippen LogP contribution in [0.5, 0.6) is 0 Å². The molecule has 0 aliphatic heterocycles. The van der Waals surface area contributed by atoms with E-state index in [4.69, 9.17) is 11.6 Å². The van der Waals surface area contributed by atoms with Crippen LogP contribution in [0.4, 0.5) is 4.39 Å². The molecule has 0 bridgehead atoms. The van der Waals surface area contributed by atoms with E-state index in [0.29, 0.717) is 12.5 Å². The van der Waals surface area contributed by atoms with Crippen LogP contribution in [-0.4, -0.2) is 19.3 Å². The Labute approximate surface area is 95.6 Å².